The van der Waals surface area contributed by atoms with Crippen molar-refractivity contribution in [3.63, 3.8) is 0 Å². The van der Waals surface area contributed by atoms with E-state index < -0.39 is 0 Å². The Kier molecular flexibility index (Phi) is 6.17. The lowest BCUT2D eigenvalue weighted by Gasteiger charge is -2.16. The van der Waals surface area contributed by atoms with E-state index in [1.807, 2.05) is 30.6 Å². The first-order valence-corrected chi connectivity index (χ1v) is 10.9. The summed E-state index contributed by atoms with van der Waals surface area (Å²) < 4.78 is 2.10. The van der Waals surface area contributed by atoms with Gasteiger partial charge in [0.25, 0.3) is 5.91 Å². The number of amides is 1. The molecule has 0 aliphatic heterocycles. The summed E-state index contributed by atoms with van der Waals surface area (Å²) in [6.07, 6.45) is 2.81. The summed E-state index contributed by atoms with van der Waals surface area (Å²) in [7, 11) is 0. The average molecular weight is 412 g/mol. The zero-order chi connectivity index (χ0) is 21.8. The van der Waals surface area contributed by atoms with Crippen molar-refractivity contribution in [2.45, 2.75) is 39.8 Å². The summed E-state index contributed by atoms with van der Waals surface area (Å²) in [4.78, 5) is 17.2. The zero-order valence-electron chi connectivity index (χ0n) is 18.4. The molecule has 31 heavy (non-hydrogen) atoms. The molecule has 0 aliphatic carbocycles. The number of hydrogen-bond donors (Lipinski definition) is 1. The molecule has 1 N–H and O–H groups in total. The van der Waals surface area contributed by atoms with Gasteiger partial charge in [-0.15, -0.1) is 0 Å². The van der Waals surface area contributed by atoms with Crippen molar-refractivity contribution in [3.8, 4) is 11.1 Å². The predicted molar refractivity (Wildman–Crippen MR) is 127 cm³/mol. The van der Waals surface area contributed by atoms with Gasteiger partial charge in [-0.1, -0.05) is 68.4 Å². The molecule has 0 aliphatic rings. The Morgan fingerprint density at radius 1 is 0.935 bits per heavy atom. The molecule has 4 nitrogen and oxygen atoms in total. The van der Waals surface area contributed by atoms with E-state index >= 15 is 0 Å². The Labute approximate surface area is 183 Å². The molecule has 158 valence electrons. The highest BCUT2D eigenvalue weighted by molar-refractivity contribution is 5.97. The fourth-order valence-corrected chi connectivity index (χ4v) is 4.03. The minimum absolute atomic E-state index is 0.0324. The summed E-state index contributed by atoms with van der Waals surface area (Å²) >= 11 is 0. The number of fused-ring (bicyclic) bond motifs is 1. The Bertz CT molecular complexity index is 1160. The van der Waals surface area contributed by atoms with Gasteiger partial charge in [-0.3, -0.25) is 4.79 Å². The van der Waals surface area contributed by atoms with Gasteiger partial charge in [0.1, 0.15) is 0 Å². The van der Waals surface area contributed by atoms with Crippen LogP contribution in [0.3, 0.4) is 0 Å². The Balaban J connectivity index is 1.52. The number of carbonyl (C=O) groups excluding carboxylic acids is 1. The lowest BCUT2D eigenvalue weighted by atomic mass is 10.0. The lowest BCUT2D eigenvalue weighted by Crippen LogP contribution is -2.33. The average Bonchev–Trinajstić information content (AvgIpc) is 3.16. The first-order chi connectivity index (χ1) is 15.0. The van der Waals surface area contributed by atoms with Crippen LogP contribution in [0.15, 0.2) is 79.1 Å². The molecule has 0 radical (unpaired) electrons. The molecule has 0 saturated carbocycles. The van der Waals surface area contributed by atoms with E-state index in [9.17, 15) is 4.79 Å². The third kappa shape index (κ3) is 5.02. The summed E-state index contributed by atoms with van der Waals surface area (Å²) in [5, 5.41) is 3.11. The first-order valence-electron chi connectivity index (χ1n) is 10.9. The maximum Gasteiger partial charge on any atom is 0.251 e. The van der Waals surface area contributed by atoms with Crippen molar-refractivity contribution in [2.24, 2.45) is 5.92 Å². The molecule has 4 aromatic rings. The van der Waals surface area contributed by atoms with Crippen LogP contribution < -0.4 is 5.32 Å². The van der Waals surface area contributed by atoms with Gasteiger partial charge in [-0.05, 0) is 54.2 Å². The number of hydrogen-bond acceptors (Lipinski definition) is 2. The van der Waals surface area contributed by atoms with Crippen LogP contribution in [0.4, 0.5) is 0 Å². The lowest BCUT2D eigenvalue weighted by molar-refractivity contribution is 0.0936. The SMILES string of the molecule is CC(C)CC(C)NC(=O)c1ccc2ncn(Cc3ccc(-c4ccccc4)cc3)c2c1. The van der Waals surface area contributed by atoms with Gasteiger partial charge in [0, 0.05) is 18.2 Å². The molecule has 1 amide bonds. The third-order valence-electron chi connectivity index (χ3n) is 5.50. The molecule has 4 heteroatoms. The highest BCUT2D eigenvalue weighted by Gasteiger charge is 2.13. The number of rotatable bonds is 7. The van der Waals surface area contributed by atoms with Crippen molar-refractivity contribution in [1.29, 1.82) is 0 Å². The van der Waals surface area contributed by atoms with E-state index in [1.165, 1.54) is 16.7 Å². The first kappa shape index (κ1) is 20.9. The van der Waals surface area contributed by atoms with Crippen LogP contribution in [0.1, 0.15) is 43.1 Å². The van der Waals surface area contributed by atoms with Crippen molar-refractivity contribution >= 4 is 16.9 Å². The van der Waals surface area contributed by atoms with Crippen molar-refractivity contribution < 1.29 is 4.79 Å². The van der Waals surface area contributed by atoms with Crippen LogP contribution in [0.5, 0.6) is 0 Å². The van der Waals surface area contributed by atoms with Gasteiger partial charge in [-0.2, -0.15) is 0 Å². The number of carbonyl (C=O) groups is 1. The Hall–Kier alpha value is -3.40. The van der Waals surface area contributed by atoms with Crippen LogP contribution in [-0.2, 0) is 6.54 Å². The van der Waals surface area contributed by atoms with E-state index in [0.717, 1.165) is 17.5 Å². The number of imidazole rings is 1. The van der Waals surface area contributed by atoms with Gasteiger partial charge in [0.15, 0.2) is 0 Å². The summed E-state index contributed by atoms with van der Waals surface area (Å²) in [6, 6.07) is 24.8. The normalized spacial score (nSPS) is 12.3. The Morgan fingerprint density at radius 2 is 1.65 bits per heavy atom. The van der Waals surface area contributed by atoms with Gasteiger partial charge < -0.3 is 9.88 Å². The maximum atomic E-state index is 12.7. The fourth-order valence-electron chi connectivity index (χ4n) is 4.03. The minimum atomic E-state index is -0.0324. The number of nitrogens with zero attached hydrogens (tertiary/aromatic N) is 2. The van der Waals surface area contributed by atoms with Gasteiger partial charge in [0.05, 0.1) is 17.4 Å². The fraction of sp³-hybridized carbons (Fsp3) is 0.259. The second-order valence-electron chi connectivity index (χ2n) is 8.64. The van der Waals surface area contributed by atoms with Crippen molar-refractivity contribution in [2.75, 3.05) is 0 Å². The predicted octanol–water partition coefficient (Wildman–Crippen LogP) is 5.92. The molecule has 1 aromatic heterocycles. The monoisotopic (exact) mass is 411 g/mol. The molecule has 1 unspecified atom stereocenters. The quantitative estimate of drug-likeness (QED) is 0.410. The molecule has 1 atom stereocenters. The number of aromatic nitrogens is 2. The molecule has 0 fully saturated rings. The summed E-state index contributed by atoms with van der Waals surface area (Å²) in [5.41, 5.74) is 6.14. The third-order valence-corrected chi connectivity index (χ3v) is 5.50. The molecule has 4 rings (SSSR count). The van der Waals surface area contributed by atoms with Crippen molar-refractivity contribution in [3.05, 3.63) is 90.3 Å². The minimum Gasteiger partial charge on any atom is -0.350 e. The number of nitrogens with one attached hydrogen (secondary N) is 1. The van der Waals surface area contributed by atoms with Crippen LogP contribution in [0, 0.1) is 5.92 Å². The topological polar surface area (TPSA) is 46.9 Å². The van der Waals surface area contributed by atoms with Crippen molar-refractivity contribution in [1.82, 2.24) is 14.9 Å². The summed E-state index contributed by atoms with van der Waals surface area (Å²) in [6.45, 7) is 7.10. The number of benzene rings is 3. The van der Waals surface area contributed by atoms with Crippen LogP contribution in [0.25, 0.3) is 22.2 Å². The smallest absolute Gasteiger partial charge is 0.251 e. The molecule has 0 spiro atoms. The van der Waals surface area contributed by atoms with E-state index in [2.05, 4.69) is 84.2 Å². The largest absolute Gasteiger partial charge is 0.350 e. The van der Waals surface area contributed by atoms with E-state index in [1.54, 1.807) is 0 Å². The molecular weight excluding hydrogens is 382 g/mol. The molecule has 1 heterocycles. The molecule has 0 bridgehead atoms. The second kappa shape index (κ2) is 9.17. The summed E-state index contributed by atoms with van der Waals surface area (Å²) in [5.74, 6) is 0.516. The highest BCUT2D eigenvalue weighted by atomic mass is 16.1. The van der Waals surface area contributed by atoms with Gasteiger partial charge >= 0.3 is 0 Å². The standard InChI is InChI=1S/C27H29N3O/c1-19(2)15-20(3)29-27(31)24-13-14-25-26(16-24)30(18-28-25)17-21-9-11-23(12-10-21)22-7-5-4-6-8-22/h4-14,16,18-20H,15,17H2,1-3H3,(H,29,31). The zero-order valence-corrected chi connectivity index (χ0v) is 18.4. The maximum absolute atomic E-state index is 12.7. The van der Waals surface area contributed by atoms with E-state index in [4.69, 9.17) is 0 Å². The Morgan fingerprint density at radius 3 is 2.35 bits per heavy atom. The molecule has 3 aromatic carbocycles. The van der Waals surface area contributed by atoms with E-state index in [0.29, 0.717) is 18.0 Å². The molecule has 0 saturated heterocycles. The highest BCUT2D eigenvalue weighted by Crippen LogP contribution is 2.21. The second-order valence-corrected chi connectivity index (χ2v) is 8.64. The van der Waals surface area contributed by atoms with Crippen LogP contribution >= 0.6 is 0 Å². The van der Waals surface area contributed by atoms with Crippen LogP contribution in [0.2, 0.25) is 0 Å². The van der Waals surface area contributed by atoms with Crippen LogP contribution in [-0.4, -0.2) is 21.5 Å². The van der Waals surface area contributed by atoms with Gasteiger partial charge in [0.2, 0.25) is 0 Å². The van der Waals surface area contributed by atoms with E-state index in [-0.39, 0.29) is 11.9 Å². The van der Waals surface area contributed by atoms with Gasteiger partial charge in [-0.25, -0.2) is 4.98 Å². The molecular formula is C27H29N3O.